The summed E-state index contributed by atoms with van der Waals surface area (Å²) < 4.78 is 69.3. The van der Waals surface area contributed by atoms with E-state index in [2.05, 4.69) is 9.17 Å². The van der Waals surface area contributed by atoms with E-state index in [1.165, 1.54) is 24.5 Å². The summed E-state index contributed by atoms with van der Waals surface area (Å²) in [6, 6.07) is 15.8. The second-order valence-corrected chi connectivity index (χ2v) is 8.30. The van der Waals surface area contributed by atoms with Crippen LogP contribution in [0.3, 0.4) is 0 Å². The van der Waals surface area contributed by atoms with Crippen LogP contribution in [0.5, 0.6) is 5.75 Å². The Morgan fingerprint density at radius 2 is 1.69 bits per heavy atom. The van der Waals surface area contributed by atoms with Crippen LogP contribution < -0.4 is 4.18 Å². The SMILES string of the molecule is C[C@@H](OC(=O)Cc1cnccc1-c1ccc(OS(=O)(=O)C(F)(F)F)cc1)c1ccccc1. The van der Waals surface area contributed by atoms with Crippen LogP contribution in [-0.2, 0) is 26.1 Å². The van der Waals surface area contributed by atoms with E-state index in [9.17, 15) is 26.4 Å². The fourth-order valence-corrected chi connectivity index (χ4v) is 3.36. The largest absolute Gasteiger partial charge is 0.534 e. The van der Waals surface area contributed by atoms with E-state index in [0.717, 1.165) is 17.7 Å². The van der Waals surface area contributed by atoms with Crippen molar-refractivity contribution < 1.29 is 35.3 Å². The standard InChI is InChI=1S/C22H18F3NO5S/c1-15(16-5-3-2-4-6-16)30-21(27)13-18-14-26-12-11-20(18)17-7-9-19(10-8-17)31-32(28,29)22(23,24)25/h2-12,14-15H,13H2,1H3/t15-/m1/s1. The van der Waals surface area contributed by atoms with Gasteiger partial charge in [0, 0.05) is 12.4 Å². The first-order valence-corrected chi connectivity index (χ1v) is 10.8. The average molecular weight is 465 g/mol. The van der Waals surface area contributed by atoms with Gasteiger partial charge in [-0.15, -0.1) is 0 Å². The maximum absolute atomic E-state index is 12.5. The number of carbonyl (C=O) groups excluding carboxylic acids is 1. The van der Waals surface area contributed by atoms with Gasteiger partial charge >= 0.3 is 21.6 Å². The molecule has 2 aromatic carbocycles. The van der Waals surface area contributed by atoms with Crippen LogP contribution in [0.15, 0.2) is 73.1 Å². The lowest BCUT2D eigenvalue weighted by Crippen LogP contribution is -2.28. The third-order valence-corrected chi connectivity index (χ3v) is 5.45. The van der Waals surface area contributed by atoms with Crippen molar-refractivity contribution in [2.75, 3.05) is 0 Å². The Morgan fingerprint density at radius 1 is 1.03 bits per heavy atom. The molecular formula is C22H18F3NO5S. The van der Waals surface area contributed by atoms with Crippen molar-refractivity contribution in [1.82, 2.24) is 4.98 Å². The molecule has 0 saturated heterocycles. The smallest absolute Gasteiger partial charge is 0.458 e. The van der Waals surface area contributed by atoms with E-state index in [-0.39, 0.29) is 6.42 Å². The summed E-state index contributed by atoms with van der Waals surface area (Å²) in [5.41, 5.74) is -3.02. The maximum atomic E-state index is 12.5. The Bertz CT molecular complexity index is 1180. The molecule has 3 rings (SSSR count). The number of hydrogen-bond donors (Lipinski definition) is 0. The van der Waals surface area contributed by atoms with Crippen molar-refractivity contribution >= 4 is 16.1 Å². The first kappa shape index (κ1) is 23.3. The molecule has 32 heavy (non-hydrogen) atoms. The van der Waals surface area contributed by atoms with Gasteiger partial charge in [0.15, 0.2) is 0 Å². The van der Waals surface area contributed by atoms with Crippen molar-refractivity contribution in [3.63, 3.8) is 0 Å². The molecule has 1 aromatic heterocycles. The van der Waals surface area contributed by atoms with Gasteiger partial charge in [-0.1, -0.05) is 42.5 Å². The van der Waals surface area contributed by atoms with Crippen LogP contribution in [0.25, 0.3) is 11.1 Å². The zero-order valence-electron chi connectivity index (χ0n) is 16.7. The molecule has 0 fully saturated rings. The molecule has 0 aliphatic heterocycles. The first-order chi connectivity index (χ1) is 15.1. The molecule has 10 heteroatoms. The van der Waals surface area contributed by atoms with Crippen LogP contribution in [-0.4, -0.2) is 24.9 Å². The summed E-state index contributed by atoms with van der Waals surface area (Å²) in [6.45, 7) is 1.76. The minimum Gasteiger partial charge on any atom is -0.458 e. The van der Waals surface area contributed by atoms with Gasteiger partial charge < -0.3 is 8.92 Å². The molecule has 0 N–H and O–H groups in total. The van der Waals surface area contributed by atoms with Crippen LogP contribution >= 0.6 is 0 Å². The number of halogens is 3. The molecule has 1 atom stereocenters. The lowest BCUT2D eigenvalue weighted by atomic mass is 10.00. The molecule has 0 bridgehead atoms. The van der Waals surface area contributed by atoms with E-state index in [1.54, 1.807) is 13.0 Å². The molecule has 6 nitrogen and oxygen atoms in total. The highest BCUT2D eigenvalue weighted by Gasteiger charge is 2.48. The monoisotopic (exact) mass is 465 g/mol. The fourth-order valence-electron chi connectivity index (χ4n) is 2.90. The number of esters is 1. The normalized spacial score (nSPS) is 12.8. The Kier molecular flexibility index (Phi) is 6.83. The Morgan fingerprint density at radius 3 is 2.31 bits per heavy atom. The number of ether oxygens (including phenoxy) is 1. The number of aromatic nitrogens is 1. The number of alkyl halides is 3. The summed E-state index contributed by atoms with van der Waals surface area (Å²) in [6.07, 6.45) is 2.45. The molecule has 0 spiro atoms. The first-order valence-electron chi connectivity index (χ1n) is 9.35. The Labute approximate surface area is 182 Å². The third-order valence-electron chi connectivity index (χ3n) is 4.47. The van der Waals surface area contributed by atoms with Crippen molar-refractivity contribution in [3.05, 3.63) is 84.2 Å². The van der Waals surface area contributed by atoms with Gasteiger partial charge in [0.1, 0.15) is 11.9 Å². The summed E-state index contributed by atoms with van der Waals surface area (Å²) in [4.78, 5) is 16.5. The second kappa shape index (κ2) is 9.39. The number of rotatable bonds is 7. The molecule has 0 unspecified atom stereocenters. The molecule has 0 saturated carbocycles. The Balaban J connectivity index is 1.74. The van der Waals surface area contributed by atoms with Crippen molar-refractivity contribution in [2.45, 2.75) is 25.0 Å². The van der Waals surface area contributed by atoms with Crippen molar-refractivity contribution in [2.24, 2.45) is 0 Å². The van der Waals surface area contributed by atoms with Crippen molar-refractivity contribution in [3.8, 4) is 16.9 Å². The molecule has 1 heterocycles. The fraction of sp³-hybridized carbons (Fsp3) is 0.182. The van der Waals surface area contributed by atoms with Gasteiger partial charge in [0.2, 0.25) is 0 Å². The minimum atomic E-state index is -5.76. The summed E-state index contributed by atoms with van der Waals surface area (Å²) in [7, 11) is -5.76. The molecule has 0 aliphatic rings. The molecule has 168 valence electrons. The van der Waals surface area contributed by atoms with Gasteiger partial charge in [0.05, 0.1) is 6.42 Å². The highest BCUT2D eigenvalue weighted by molar-refractivity contribution is 7.88. The molecule has 0 amide bonds. The average Bonchev–Trinajstić information content (AvgIpc) is 2.74. The predicted molar refractivity (Wildman–Crippen MR) is 110 cm³/mol. The molecule has 0 radical (unpaired) electrons. The summed E-state index contributed by atoms with van der Waals surface area (Å²) in [5.74, 6) is -0.968. The number of carbonyl (C=O) groups is 1. The highest BCUT2D eigenvalue weighted by atomic mass is 32.2. The van der Waals surface area contributed by atoms with Crippen LogP contribution in [0.2, 0.25) is 0 Å². The van der Waals surface area contributed by atoms with Crippen molar-refractivity contribution in [1.29, 1.82) is 0 Å². The van der Waals surface area contributed by atoms with E-state index in [0.29, 0.717) is 16.7 Å². The Hall–Kier alpha value is -3.40. The molecular weight excluding hydrogens is 447 g/mol. The van der Waals surface area contributed by atoms with E-state index in [1.807, 2.05) is 30.3 Å². The maximum Gasteiger partial charge on any atom is 0.534 e. The number of hydrogen-bond acceptors (Lipinski definition) is 6. The van der Waals surface area contributed by atoms with Crippen LogP contribution in [0, 0.1) is 0 Å². The molecule has 0 aliphatic carbocycles. The third kappa shape index (κ3) is 5.64. The lowest BCUT2D eigenvalue weighted by Gasteiger charge is -2.15. The number of nitrogens with zero attached hydrogens (tertiary/aromatic N) is 1. The summed E-state index contributed by atoms with van der Waals surface area (Å²) >= 11 is 0. The zero-order chi connectivity index (χ0) is 23.4. The van der Waals surface area contributed by atoms with Gasteiger partial charge in [0.25, 0.3) is 0 Å². The van der Waals surface area contributed by atoms with Crippen LogP contribution in [0.4, 0.5) is 13.2 Å². The van der Waals surface area contributed by atoms with Gasteiger partial charge in [-0.2, -0.15) is 21.6 Å². The van der Waals surface area contributed by atoms with Gasteiger partial charge in [-0.25, -0.2) is 0 Å². The highest BCUT2D eigenvalue weighted by Crippen LogP contribution is 2.30. The number of benzene rings is 2. The second-order valence-electron chi connectivity index (χ2n) is 6.76. The summed E-state index contributed by atoms with van der Waals surface area (Å²) in [5, 5.41) is 0. The van der Waals surface area contributed by atoms with E-state index in [4.69, 9.17) is 4.74 Å². The quantitative estimate of drug-likeness (QED) is 0.283. The lowest BCUT2D eigenvalue weighted by molar-refractivity contribution is -0.147. The van der Waals surface area contributed by atoms with E-state index < -0.39 is 33.4 Å². The predicted octanol–water partition coefficient (Wildman–Crippen LogP) is 4.82. The van der Waals surface area contributed by atoms with Gasteiger partial charge in [-0.05, 0) is 47.4 Å². The number of pyridine rings is 1. The topological polar surface area (TPSA) is 82.6 Å². The van der Waals surface area contributed by atoms with Gasteiger partial charge in [-0.3, -0.25) is 9.78 Å². The molecule has 3 aromatic rings. The van der Waals surface area contributed by atoms with E-state index >= 15 is 0 Å². The zero-order valence-corrected chi connectivity index (χ0v) is 17.6. The van der Waals surface area contributed by atoms with Crippen LogP contribution in [0.1, 0.15) is 24.2 Å². The minimum absolute atomic E-state index is 0.0823.